The predicted molar refractivity (Wildman–Crippen MR) is 54.2 cm³/mol. The van der Waals surface area contributed by atoms with Gasteiger partial charge >= 0.3 is 0 Å². The molecule has 6 heteroatoms. The lowest BCUT2D eigenvalue weighted by molar-refractivity contribution is -0.122. The average Bonchev–Trinajstić information content (AvgIpc) is 2.70. The van der Waals surface area contributed by atoms with Crippen LogP contribution in [0.5, 0.6) is 0 Å². The summed E-state index contributed by atoms with van der Waals surface area (Å²) in [6.07, 6.45) is 2.87. The smallest absolute Gasteiger partial charge is 0.255 e. The summed E-state index contributed by atoms with van der Waals surface area (Å²) in [6.45, 7) is 4.00. The van der Waals surface area contributed by atoms with E-state index in [-0.39, 0.29) is 11.8 Å². The lowest BCUT2D eigenvalue weighted by Gasteiger charge is -2.12. The maximum absolute atomic E-state index is 11.5. The molecule has 0 aromatic carbocycles. The van der Waals surface area contributed by atoms with Gasteiger partial charge in [-0.1, -0.05) is 0 Å². The van der Waals surface area contributed by atoms with E-state index in [9.17, 15) is 9.59 Å². The van der Waals surface area contributed by atoms with Crippen LogP contribution in [0.15, 0.2) is 12.4 Å². The fourth-order valence-electron chi connectivity index (χ4n) is 1.05. The van der Waals surface area contributed by atoms with Gasteiger partial charge in [0.25, 0.3) is 5.91 Å². The van der Waals surface area contributed by atoms with Crippen molar-refractivity contribution in [1.29, 1.82) is 0 Å². The summed E-state index contributed by atoms with van der Waals surface area (Å²) >= 11 is 0. The number of amides is 2. The van der Waals surface area contributed by atoms with Crippen molar-refractivity contribution in [3.63, 3.8) is 0 Å². The van der Waals surface area contributed by atoms with Crippen molar-refractivity contribution < 1.29 is 9.59 Å². The minimum atomic E-state index is -0.549. The maximum atomic E-state index is 11.5. The Morgan fingerprint density at radius 3 is 2.87 bits per heavy atom. The van der Waals surface area contributed by atoms with Gasteiger partial charge in [0.2, 0.25) is 5.91 Å². The molecule has 15 heavy (non-hydrogen) atoms. The van der Waals surface area contributed by atoms with Gasteiger partial charge in [-0.25, -0.2) is 0 Å². The second kappa shape index (κ2) is 5.14. The van der Waals surface area contributed by atoms with E-state index in [1.54, 1.807) is 6.92 Å². The SMILES string of the molecule is CCNC(=O)C(C)NC(=O)c1cn[nH]c1. The Balaban J connectivity index is 2.48. The molecule has 0 aliphatic carbocycles. The summed E-state index contributed by atoms with van der Waals surface area (Å²) in [4.78, 5) is 22.8. The molecule has 0 fully saturated rings. The zero-order chi connectivity index (χ0) is 11.3. The lowest BCUT2D eigenvalue weighted by Crippen LogP contribution is -2.44. The second-order valence-corrected chi connectivity index (χ2v) is 3.08. The number of likely N-dealkylation sites (N-methyl/N-ethyl adjacent to an activating group) is 1. The summed E-state index contributed by atoms with van der Waals surface area (Å²) in [5, 5.41) is 11.3. The van der Waals surface area contributed by atoms with Gasteiger partial charge in [-0.3, -0.25) is 14.7 Å². The zero-order valence-corrected chi connectivity index (χ0v) is 8.70. The van der Waals surface area contributed by atoms with Crippen molar-refractivity contribution in [3.8, 4) is 0 Å². The summed E-state index contributed by atoms with van der Waals surface area (Å²) in [5.74, 6) is -0.517. The number of aromatic amines is 1. The minimum Gasteiger partial charge on any atom is -0.355 e. The predicted octanol–water partition coefficient (Wildman–Crippen LogP) is -0.336. The molecule has 0 radical (unpaired) electrons. The van der Waals surface area contributed by atoms with E-state index in [0.29, 0.717) is 12.1 Å². The molecule has 1 heterocycles. The fraction of sp³-hybridized carbons (Fsp3) is 0.444. The standard InChI is InChI=1S/C9H14N4O2/c1-3-10-8(14)6(2)13-9(15)7-4-11-12-5-7/h4-6H,3H2,1-2H3,(H,10,14)(H,11,12)(H,13,15). The molecule has 0 saturated carbocycles. The maximum Gasteiger partial charge on any atom is 0.255 e. The topological polar surface area (TPSA) is 86.9 Å². The van der Waals surface area contributed by atoms with E-state index in [0.717, 1.165) is 0 Å². The molecule has 2 amide bonds. The van der Waals surface area contributed by atoms with Crippen LogP contribution in [0.2, 0.25) is 0 Å². The number of rotatable bonds is 4. The molecule has 0 spiro atoms. The first-order valence-corrected chi connectivity index (χ1v) is 4.72. The van der Waals surface area contributed by atoms with Gasteiger partial charge in [0.05, 0.1) is 11.8 Å². The fourth-order valence-corrected chi connectivity index (χ4v) is 1.05. The Hall–Kier alpha value is -1.85. The van der Waals surface area contributed by atoms with Crippen LogP contribution in [0.1, 0.15) is 24.2 Å². The van der Waals surface area contributed by atoms with Gasteiger partial charge in [-0.05, 0) is 13.8 Å². The Morgan fingerprint density at radius 2 is 2.33 bits per heavy atom. The Labute approximate surface area is 87.4 Å². The second-order valence-electron chi connectivity index (χ2n) is 3.08. The van der Waals surface area contributed by atoms with Crippen LogP contribution >= 0.6 is 0 Å². The highest BCUT2D eigenvalue weighted by Crippen LogP contribution is 1.94. The van der Waals surface area contributed by atoms with Gasteiger partial charge in [0, 0.05) is 12.7 Å². The number of carbonyl (C=O) groups excluding carboxylic acids is 2. The monoisotopic (exact) mass is 210 g/mol. The first kappa shape index (κ1) is 11.2. The van der Waals surface area contributed by atoms with Crippen molar-refractivity contribution in [2.24, 2.45) is 0 Å². The molecule has 1 aromatic heterocycles. The lowest BCUT2D eigenvalue weighted by atomic mass is 10.2. The Kier molecular flexibility index (Phi) is 3.84. The molecule has 6 nitrogen and oxygen atoms in total. The van der Waals surface area contributed by atoms with Gasteiger partial charge in [0.1, 0.15) is 6.04 Å². The highest BCUT2D eigenvalue weighted by atomic mass is 16.2. The number of H-pyrrole nitrogens is 1. The van der Waals surface area contributed by atoms with Crippen LogP contribution in [-0.4, -0.2) is 34.6 Å². The molecule has 1 atom stereocenters. The van der Waals surface area contributed by atoms with Gasteiger partial charge in [-0.15, -0.1) is 0 Å². The van der Waals surface area contributed by atoms with Crippen molar-refractivity contribution in [3.05, 3.63) is 18.0 Å². The summed E-state index contributed by atoms with van der Waals surface area (Å²) in [5.41, 5.74) is 0.408. The van der Waals surface area contributed by atoms with Crippen LogP contribution in [0.3, 0.4) is 0 Å². The van der Waals surface area contributed by atoms with Gasteiger partial charge in [0.15, 0.2) is 0 Å². The summed E-state index contributed by atoms with van der Waals surface area (Å²) in [7, 11) is 0. The van der Waals surface area contributed by atoms with Crippen molar-refractivity contribution >= 4 is 11.8 Å². The van der Waals surface area contributed by atoms with E-state index in [2.05, 4.69) is 20.8 Å². The number of nitrogens with one attached hydrogen (secondary N) is 3. The normalized spacial score (nSPS) is 11.9. The zero-order valence-electron chi connectivity index (χ0n) is 8.70. The van der Waals surface area contributed by atoms with Crippen molar-refractivity contribution in [2.75, 3.05) is 6.54 Å². The van der Waals surface area contributed by atoms with Gasteiger partial charge < -0.3 is 10.6 Å². The van der Waals surface area contributed by atoms with Crippen LogP contribution in [0.25, 0.3) is 0 Å². The third-order valence-electron chi connectivity index (χ3n) is 1.85. The minimum absolute atomic E-state index is 0.200. The van der Waals surface area contributed by atoms with E-state index in [1.165, 1.54) is 12.4 Å². The molecule has 3 N–H and O–H groups in total. The molecule has 0 saturated heterocycles. The first-order valence-electron chi connectivity index (χ1n) is 4.72. The van der Waals surface area contributed by atoms with E-state index < -0.39 is 6.04 Å². The molecule has 1 aromatic rings. The van der Waals surface area contributed by atoms with Crippen molar-refractivity contribution in [1.82, 2.24) is 20.8 Å². The molecule has 1 rings (SSSR count). The third-order valence-corrected chi connectivity index (χ3v) is 1.85. The van der Waals surface area contributed by atoms with Gasteiger partial charge in [-0.2, -0.15) is 5.10 Å². The molecular formula is C9H14N4O2. The summed E-state index contributed by atoms with van der Waals surface area (Å²) in [6, 6.07) is -0.549. The number of hydrogen-bond donors (Lipinski definition) is 3. The summed E-state index contributed by atoms with van der Waals surface area (Å²) < 4.78 is 0. The van der Waals surface area contributed by atoms with Crippen LogP contribution in [-0.2, 0) is 4.79 Å². The molecule has 0 aliphatic heterocycles. The highest BCUT2D eigenvalue weighted by Gasteiger charge is 2.15. The first-order chi connectivity index (χ1) is 7.15. The van der Waals surface area contributed by atoms with E-state index in [1.807, 2.05) is 6.92 Å². The highest BCUT2D eigenvalue weighted by molar-refractivity contribution is 5.96. The third kappa shape index (κ3) is 3.08. The Morgan fingerprint density at radius 1 is 1.60 bits per heavy atom. The molecule has 82 valence electrons. The number of nitrogens with zero attached hydrogens (tertiary/aromatic N) is 1. The molecule has 1 unspecified atom stereocenters. The Bertz CT molecular complexity index is 334. The molecular weight excluding hydrogens is 196 g/mol. The van der Waals surface area contributed by atoms with Crippen LogP contribution in [0, 0.1) is 0 Å². The van der Waals surface area contributed by atoms with Crippen LogP contribution in [0.4, 0.5) is 0 Å². The van der Waals surface area contributed by atoms with E-state index >= 15 is 0 Å². The van der Waals surface area contributed by atoms with Crippen LogP contribution < -0.4 is 10.6 Å². The average molecular weight is 210 g/mol. The number of aromatic nitrogens is 2. The number of hydrogen-bond acceptors (Lipinski definition) is 3. The molecule has 0 aliphatic rings. The van der Waals surface area contributed by atoms with Crippen molar-refractivity contribution in [2.45, 2.75) is 19.9 Å². The van der Waals surface area contributed by atoms with E-state index in [4.69, 9.17) is 0 Å². The molecule has 0 bridgehead atoms. The quantitative estimate of drug-likeness (QED) is 0.635. The number of carbonyl (C=O) groups is 2. The largest absolute Gasteiger partial charge is 0.355 e.